The van der Waals surface area contributed by atoms with E-state index in [1.54, 1.807) is 4.90 Å². The van der Waals surface area contributed by atoms with Gasteiger partial charge in [0.1, 0.15) is 6.73 Å². The lowest BCUT2D eigenvalue weighted by atomic mass is 10.2. The first-order valence-electron chi connectivity index (χ1n) is 5.49. The van der Waals surface area contributed by atoms with Gasteiger partial charge in [0.25, 0.3) is 0 Å². The molecule has 0 aromatic rings. The standard InChI is InChI=1S/C10H18N2O2/c13-10(11-9-4-1-2-5-9)12-6-3-7-14-8-12/h9H,1-8H2,(H,11,13). The Hall–Kier alpha value is -0.770. The highest BCUT2D eigenvalue weighted by Crippen LogP contribution is 2.18. The molecule has 0 aromatic heterocycles. The lowest BCUT2D eigenvalue weighted by molar-refractivity contribution is 0.00822. The topological polar surface area (TPSA) is 41.6 Å². The lowest BCUT2D eigenvalue weighted by Crippen LogP contribution is -2.47. The minimum absolute atomic E-state index is 0.0524. The molecular formula is C10H18N2O2. The number of nitrogens with one attached hydrogen (secondary N) is 1. The highest BCUT2D eigenvalue weighted by atomic mass is 16.5. The van der Waals surface area contributed by atoms with Crippen molar-refractivity contribution in [3.05, 3.63) is 0 Å². The summed E-state index contributed by atoms with van der Waals surface area (Å²) in [5.74, 6) is 0. The van der Waals surface area contributed by atoms with E-state index in [9.17, 15) is 4.79 Å². The maximum atomic E-state index is 11.7. The van der Waals surface area contributed by atoms with E-state index in [0.717, 1.165) is 32.4 Å². The van der Waals surface area contributed by atoms with Gasteiger partial charge in [0.15, 0.2) is 0 Å². The van der Waals surface area contributed by atoms with E-state index in [-0.39, 0.29) is 6.03 Å². The molecular weight excluding hydrogens is 180 g/mol. The fourth-order valence-electron chi connectivity index (χ4n) is 2.09. The first kappa shape index (κ1) is 9.77. The number of amides is 2. The SMILES string of the molecule is O=C(NC1CCCC1)N1CCCOC1. The second kappa shape index (κ2) is 4.64. The van der Waals surface area contributed by atoms with Crippen LogP contribution in [0.3, 0.4) is 0 Å². The Bertz CT molecular complexity index is 196. The van der Waals surface area contributed by atoms with E-state index >= 15 is 0 Å². The van der Waals surface area contributed by atoms with Gasteiger partial charge in [0, 0.05) is 12.6 Å². The van der Waals surface area contributed by atoms with Crippen LogP contribution in [-0.4, -0.2) is 36.9 Å². The molecule has 14 heavy (non-hydrogen) atoms. The summed E-state index contributed by atoms with van der Waals surface area (Å²) in [4.78, 5) is 13.4. The zero-order chi connectivity index (χ0) is 9.80. The first-order valence-corrected chi connectivity index (χ1v) is 5.49. The summed E-state index contributed by atoms with van der Waals surface area (Å²) in [5.41, 5.74) is 0. The minimum Gasteiger partial charge on any atom is -0.361 e. The van der Waals surface area contributed by atoms with Crippen LogP contribution in [0.1, 0.15) is 32.1 Å². The van der Waals surface area contributed by atoms with Gasteiger partial charge in [-0.2, -0.15) is 0 Å². The van der Waals surface area contributed by atoms with Crippen LogP contribution in [0.25, 0.3) is 0 Å². The Labute approximate surface area is 84.6 Å². The molecule has 0 bridgehead atoms. The Morgan fingerprint density at radius 2 is 2.07 bits per heavy atom. The van der Waals surface area contributed by atoms with E-state index in [1.165, 1.54) is 12.8 Å². The Morgan fingerprint density at radius 1 is 1.29 bits per heavy atom. The van der Waals surface area contributed by atoms with Gasteiger partial charge in [-0.25, -0.2) is 4.79 Å². The van der Waals surface area contributed by atoms with Crippen molar-refractivity contribution in [1.29, 1.82) is 0 Å². The van der Waals surface area contributed by atoms with Crippen molar-refractivity contribution in [3.8, 4) is 0 Å². The number of carbonyl (C=O) groups excluding carboxylic acids is 1. The molecule has 2 aliphatic rings. The highest BCUT2D eigenvalue weighted by Gasteiger charge is 2.21. The van der Waals surface area contributed by atoms with Crippen molar-refractivity contribution >= 4 is 6.03 Å². The molecule has 2 fully saturated rings. The van der Waals surface area contributed by atoms with E-state index in [1.807, 2.05) is 0 Å². The molecule has 4 heteroatoms. The quantitative estimate of drug-likeness (QED) is 0.690. The molecule has 0 aromatic carbocycles. The zero-order valence-corrected chi connectivity index (χ0v) is 8.50. The van der Waals surface area contributed by atoms with Crippen LogP contribution in [0.5, 0.6) is 0 Å². The van der Waals surface area contributed by atoms with Gasteiger partial charge < -0.3 is 15.0 Å². The van der Waals surface area contributed by atoms with Crippen molar-refractivity contribution in [2.24, 2.45) is 0 Å². The predicted molar refractivity (Wildman–Crippen MR) is 52.9 cm³/mol. The van der Waals surface area contributed by atoms with Gasteiger partial charge in [-0.05, 0) is 19.3 Å². The van der Waals surface area contributed by atoms with Crippen molar-refractivity contribution in [1.82, 2.24) is 10.2 Å². The summed E-state index contributed by atoms with van der Waals surface area (Å²) in [6.45, 7) is 2.07. The Morgan fingerprint density at radius 3 is 2.71 bits per heavy atom. The number of carbonyl (C=O) groups is 1. The van der Waals surface area contributed by atoms with Crippen molar-refractivity contribution < 1.29 is 9.53 Å². The van der Waals surface area contributed by atoms with Gasteiger partial charge in [0.2, 0.25) is 0 Å². The lowest BCUT2D eigenvalue weighted by Gasteiger charge is -2.28. The smallest absolute Gasteiger partial charge is 0.319 e. The summed E-state index contributed by atoms with van der Waals surface area (Å²) < 4.78 is 5.23. The van der Waals surface area contributed by atoms with Crippen LogP contribution < -0.4 is 5.32 Å². The average molecular weight is 198 g/mol. The molecule has 0 atom stereocenters. The second-order valence-electron chi connectivity index (χ2n) is 4.09. The van der Waals surface area contributed by atoms with Crippen LogP contribution in [0, 0.1) is 0 Å². The van der Waals surface area contributed by atoms with Crippen LogP contribution >= 0.6 is 0 Å². The normalized spacial score (nSPS) is 23.9. The van der Waals surface area contributed by atoms with Gasteiger partial charge in [-0.1, -0.05) is 12.8 Å². The molecule has 2 amide bonds. The number of urea groups is 1. The van der Waals surface area contributed by atoms with E-state index in [4.69, 9.17) is 4.74 Å². The fourth-order valence-corrected chi connectivity index (χ4v) is 2.09. The Kier molecular flexibility index (Phi) is 3.24. The number of ether oxygens (including phenoxy) is 1. The first-order chi connectivity index (χ1) is 6.86. The summed E-state index contributed by atoms with van der Waals surface area (Å²) in [5, 5.41) is 3.06. The number of rotatable bonds is 1. The molecule has 1 heterocycles. The van der Waals surface area contributed by atoms with E-state index < -0.39 is 0 Å². The molecule has 1 saturated heterocycles. The molecule has 0 unspecified atom stereocenters. The molecule has 1 saturated carbocycles. The predicted octanol–water partition coefficient (Wildman–Crippen LogP) is 1.32. The third-order valence-corrected chi connectivity index (χ3v) is 2.93. The van der Waals surface area contributed by atoms with E-state index in [0.29, 0.717) is 12.8 Å². The summed E-state index contributed by atoms with van der Waals surface area (Å²) in [6, 6.07) is 0.459. The monoisotopic (exact) mass is 198 g/mol. The summed E-state index contributed by atoms with van der Waals surface area (Å²) in [6.07, 6.45) is 5.74. The molecule has 1 aliphatic heterocycles. The maximum absolute atomic E-state index is 11.7. The third kappa shape index (κ3) is 2.38. The van der Waals surface area contributed by atoms with Gasteiger partial charge in [-0.3, -0.25) is 0 Å². The van der Waals surface area contributed by atoms with Crippen LogP contribution in [-0.2, 0) is 4.74 Å². The zero-order valence-electron chi connectivity index (χ0n) is 8.50. The Balaban J connectivity index is 1.75. The molecule has 0 radical (unpaired) electrons. The van der Waals surface area contributed by atoms with Crippen LogP contribution in [0.2, 0.25) is 0 Å². The van der Waals surface area contributed by atoms with Crippen molar-refractivity contribution in [2.75, 3.05) is 19.9 Å². The summed E-state index contributed by atoms with van der Waals surface area (Å²) in [7, 11) is 0. The highest BCUT2D eigenvalue weighted by molar-refractivity contribution is 5.74. The van der Waals surface area contributed by atoms with Gasteiger partial charge in [0.05, 0.1) is 6.61 Å². The number of hydrogen-bond acceptors (Lipinski definition) is 2. The largest absolute Gasteiger partial charge is 0.361 e. The average Bonchev–Trinajstić information content (AvgIpc) is 2.72. The minimum atomic E-state index is 0.0524. The molecule has 2 rings (SSSR count). The van der Waals surface area contributed by atoms with Gasteiger partial charge >= 0.3 is 6.03 Å². The molecule has 1 aliphatic carbocycles. The van der Waals surface area contributed by atoms with Crippen LogP contribution in [0.15, 0.2) is 0 Å². The molecule has 4 nitrogen and oxygen atoms in total. The van der Waals surface area contributed by atoms with E-state index in [2.05, 4.69) is 5.32 Å². The van der Waals surface area contributed by atoms with Crippen LogP contribution in [0.4, 0.5) is 4.79 Å². The van der Waals surface area contributed by atoms with Crippen molar-refractivity contribution in [2.45, 2.75) is 38.1 Å². The fraction of sp³-hybridized carbons (Fsp3) is 0.900. The number of nitrogens with zero attached hydrogens (tertiary/aromatic N) is 1. The third-order valence-electron chi connectivity index (χ3n) is 2.93. The second-order valence-corrected chi connectivity index (χ2v) is 4.09. The summed E-state index contributed by atoms with van der Waals surface area (Å²) >= 11 is 0. The van der Waals surface area contributed by atoms with Crippen molar-refractivity contribution in [3.63, 3.8) is 0 Å². The van der Waals surface area contributed by atoms with Gasteiger partial charge in [-0.15, -0.1) is 0 Å². The molecule has 0 spiro atoms. The molecule has 1 N–H and O–H groups in total. The maximum Gasteiger partial charge on any atom is 0.319 e. The number of hydrogen-bond donors (Lipinski definition) is 1. The molecule has 80 valence electrons.